The van der Waals surface area contributed by atoms with Crippen molar-refractivity contribution in [1.29, 1.82) is 0 Å². The van der Waals surface area contributed by atoms with Crippen LogP contribution in [-0.4, -0.2) is 22.7 Å². The molecule has 13 heavy (non-hydrogen) atoms. The van der Waals surface area contributed by atoms with Gasteiger partial charge in [-0.15, -0.1) is 0 Å². The van der Waals surface area contributed by atoms with E-state index in [1.807, 2.05) is 0 Å². The molecule has 0 saturated carbocycles. The van der Waals surface area contributed by atoms with Gasteiger partial charge in [-0.25, -0.2) is 4.98 Å². The van der Waals surface area contributed by atoms with Crippen molar-refractivity contribution in [2.45, 2.75) is 0 Å². The summed E-state index contributed by atoms with van der Waals surface area (Å²) in [7, 11) is 0. The molecule has 0 amide bonds. The molecule has 6 heteroatoms. The van der Waals surface area contributed by atoms with Crippen molar-refractivity contribution >= 4 is 17.7 Å². The van der Waals surface area contributed by atoms with E-state index in [-0.39, 0.29) is 6.54 Å². The molecule has 1 rings (SSSR count). The predicted molar refractivity (Wildman–Crippen MR) is 48.7 cm³/mol. The van der Waals surface area contributed by atoms with E-state index in [0.717, 1.165) is 0 Å². The second-order valence-corrected chi connectivity index (χ2v) is 2.27. The largest absolute Gasteiger partial charge is 0.384 e. The Kier molecular flexibility index (Phi) is 2.91. The standard InChI is InChI=1S/C7H8N4O2/c8-7-2-1-6(5-10-7)9-3-4-11(12)13/h1-3,5H,4H2,(H2,8,10). The van der Waals surface area contributed by atoms with E-state index in [9.17, 15) is 10.1 Å². The summed E-state index contributed by atoms with van der Waals surface area (Å²) in [5, 5.41) is 9.92. The molecule has 0 fully saturated rings. The summed E-state index contributed by atoms with van der Waals surface area (Å²) in [6, 6.07) is 3.22. The quantitative estimate of drug-likeness (QED) is 0.419. The molecule has 0 spiro atoms. The molecule has 0 radical (unpaired) electrons. The van der Waals surface area contributed by atoms with Gasteiger partial charge < -0.3 is 5.73 Å². The molecule has 0 aromatic carbocycles. The van der Waals surface area contributed by atoms with Gasteiger partial charge in [0.2, 0.25) is 6.54 Å². The number of aliphatic imine (C=N–C) groups is 1. The van der Waals surface area contributed by atoms with Crippen LogP contribution >= 0.6 is 0 Å². The highest BCUT2D eigenvalue weighted by molar-refractivity contribution is 5.63. The number of nitrogens with zero attached hydrogens (tertiary/aromatic N) is 3. The molecule has 0 saturated heterocycles. The van der Waals surface area contributed by atoms with Gasteiger partial charge >= 0.3 is 0 Å². The second kappa shape index (κ2) is 4.15. The second-order valence-electron chi connectivity index (χ2n) is 2.27. The Labute approximate surface area is 74.3 Å². The minimum absolute atomic E-state index is 0.287. The van der Waals surface area contributed by atoms with Gasteiger partial charge in [0.1, 0.15) is 5.82 Å². The zero-order valence-electron chi connectivity index (χ0n) is 6.75. The molecule has 0 aliphatic carbocycles. The van der Waals surface area contributed by atoms with Gasteiger partial charge in [-0.2, -0.15) is 0 Å². The molecule has 1 aromatic heterocycles. The van der Waals surface area contributed by atoms with Gasteiger partial charge in [0.05, 0.1) is 18.1 Å². The van der Waals surface area contributed by atoms with E-state index in [1.165, 1.54) is 12.4 Å². The summed E-state index contributed by atoms with van der Waals surface area (Å²) in [5.74, 6) is 0.397. The maximum atomic E-state index is 9.92. The summed E-state index contributed by atoms with van der Waals surface area (Å²) in [5.41, 5.74) is 5.88. The highest BCUT2D eigenvalue weighted by Crippen LogP contribution is 2.09. The number of anilines is 1. The number of nitro groups is 1. The Bertz CT molecular complexity index is 320. The van der Waals surface area contributed by atoms with Crippen molar-refractivity contribution in [1.82, 2.24) is 4.98 Å². The summed E-state index contributed by atoms with van der Waals surface area (Å²) in [6.07, 6.45) is 2.67. The number of nitrogen functional groups attached to an aromatic ring is 1. The first-order valence-electron chi connectivity index (χ1n) is 3.54. The van der Waals surface area contributed by atoms with E-state index in [0.29, 0.717) is 11.5 Å². The molecule has 0 aliphatic heterocycles. The van der Waals surface area contributed by atoms with Crippen LogP contribution in [0.1, 0.15) is 0 Å². The van der Waals surface area contributed by atoms with E-state index >= 15 is 0 Å². The molecule has 68 valence electrons. The summed E-state index contributed by atoms with van der Waals surface area (Å²) in [6.45, 7) is -0.287. The number of nitrogens with two attached hydrogens (primary N) is 1. The Balaban J connectivity index is 2.59. The summed E-state index contributed by atoms with van der Waals surface area (Å²) < 4.78 is 0. The number of hydrogen-bond acceptors (Lipinski definition) is 5. The fourth-order valence-electron chi connectivity index (χ4n) is 0.687. The third kappa shape index (κ3) is 3.28. The van der Waals surface area contributed by atoms with E-state index in [2.05, 4.69) is 9.98 Å². The highest BCUT2D eigenvalue weighted by Gasteiger charge is 1.91. The fraction of sp³-hybridized carbons (Fsp3) is 0.143. The Morgan fingerprint density at radius 2 is 2.46 bits per heavy atom. The fourth-order valence-corrected chi connectivity index (χ4v) is 0.687. The van der Waals surface area contributed by atoms with Crippen molar-refractivity contribution < 1.29 is 4.92 Å². The topological polar surface area (TPSA) is 94.4 Å². The van der Waals surface area contributed by atoms with E-state index < -0.39 is 4.92 Å². The maximum Gasteiger partial charge on any atom is 0.238 e. The Morgan fingerprint density at radius 1 is 1.69 bits per heavy atom. The zero-order valence-corrected chi connectivity index (χ0v) is 6.75. The van der Waals surface area contributed by atoms with Crippen molar-refractivity contribution in [2.75, 3.05) is 12.3 Å². The molecular formula is C7H8N4O2. The van der Waals surface area contributed by atoms with Crippen molar-refractivity contribution in [3.63, 3.8) is 0 Å². The molecule has 2 N–H and O–H groups in total. The molecule has 0 unspecified atom stereocenters. The lowest BCUT2D eigenvalue weighted by atomic mass is 10.4. The SMILES string of the molecule is Nc1ccc(N=CC[N+](=O)[O-])cn1. The smallest absolute Gasteiger partial charge is 0.238 e. The first kappa shape index (κ1) is 9.11. The van der Waals surface area contributed by atoms with Crippen molar-refractivity contribution in [3.05, 3.63) is 28.4 Å². The zero-order chi connectivity index (χ0) is 9.68. The number of pyridine rings is 1. The average Bonchev–Trinajstić information content (AvgIpc) is 2.08. The van der Waals surface area contributed by atoms with Crippen LogP contribution in [0.3, 0.4) is 0 Å². The van der Waals surface area contributed by atoms with Crippen LogP contribution in [0.25, 0.3) is 0 Å². The Morgan fingerprint density at radius 3 is 3.00 bits per heavy atom. The molecule has 0 aliphatic rings. The van der Waals surface area contributed by atoms with Gasteiger partial charge in [-0.05, 0) is 12.1 Å². The number of hydrogen-bond donors (Lipinski definition) is 1. The lowest BCUT2D eigenvalue weighted by molar-refractivity contribution is -0.462. The molecule has 6 nitrogen and oxygen atoms in total. The van der Waals surface area contributed by atoms with Crippen molar-refractivity contribution in [2.24, 2.45) is 4.99 Å². The van der Waals surface area contributed by atoms with Crippen LogP contribution in [0.15, 0.2) is 23.3 Å². The summed E-state index contributed by atoms with van der Waals surface area (Å²) >= 11 is 0. The van der Waals surface area contributed by atoms with E-state index in [4.69, 9.17) is 5.73 Å². The number of aromatic nitrogens is 1. The highest BCUT2D eigenvalue weighted by atomic mass is 16.6. The normalized spacial score (nSPS) is 10.5. The third-order valence-corrected chi connectivity index (χ3v) is 1.24. The minimum Gasteiger partial charge on any atom is -0.384 e. The molecular weight excluding hydrogens is 172 g/mol. The van der Waals surface area contributed by atoms with Gasteiger partial charge in [-0.3, -0.25) is 15.1 Å². The van der Waals surface area contributed by atoms with Crippen LogP contribution < -0.4 is 5.73 Å². The lowest BCUT2D eigenvalue weighted by Gasteiger charge is -1.92. The van der Waals surface area contributed by atoms with Gasteiger partial charge in [0.15, 0.2) is 0 Å². The van der Waals surface area contributed by atoms with Crippen LogP contribution in [0.5, 0.6) is 0 Å². The van der Waals surface area contributed by atoms with Crippen LogP contribution in [0.4, 0.5) is 11.5 Å². The van der Waals surface area contributed by atoms with Gasteiger partial charge in [0, 0.05) is 4.92 Å². The lowest BCUT2D eigenvalue weighted by Crippen LogP contribution is -2.00. The third-order valence-electron chi connectivity index (χ3n) is 1.24. The predicted octanol–water partition coefficient (Wildman–Crippen LogP) is 0.643. The average molecular weight is 180 g/mol. The van der Waals surface area contributed by atoms with E-state index in [1.54, 1.807) is 12.1 Å². The maximum absolute atomic E-state index is 9.92. The van der Waals surface area contributed by atoms with Gasteiger partial charge in [-0.1, -0.05) is 0 Å². The van der Waals surface area contributed by atoms with Crippen LogP contribution in [0, 0.1) is 10.1 Å². The van der Waals surface area contributed by atoms with Crippen LogP contribution in [-0.2, 0) is 0 Å². The molecule has 0 atom stereocenters. The molecule has 1 heterocycles. The van der Waals surface area contributed by atoms with Gasteiger partial charge in [0.25, 0.3) is 0 Å². The molecule has 1 aromatic rings. The first-order chi connectivity index (χ1) is 6.18. The van der Waals surface area contributed by atoms with Crippen LogP contribution in [0.2, 0.25) is 0 Å². The Hall–Kier alpha value is -1.98. The number of rotatable bonds is 3. The minimum atomic E-state index is -0.464. The monoisotopic (exact) mass is 180 g/mol. The summed E-state index contributed by atoms with van der Waals surface area (Å²) in [4.78, 5) is 17.0. The molecule has 0 bridgehead atoms. The first-order valence-corrected chi connectivity index (χ1v) is 3.54. The van der Waals surface area contributed by atoms with Crippen molar-refractivity contribution in [3.8, 4) is 0 Å².